The van der Waals surface area contributed by atoms with Crippen LogP contribution in [-0.2, 0) is 0 Å². The van der Waals surface area contributed by atoms with Crippen LogP contribution >= 0.6 is 0 Å². The van der Waals surface area contributed by atoms with E-state index in [1.165, 1.54) is 0 Å². The number of rotatable bonds is 2. The van der Waals surface area contributed by atoms with Gasteiger partial charge in [-0.15, -0.1) is 0 Å². The first-order valence-electron chi connectivity index (χ1n) is 3.28. The lowest BCUT2D eigenvalue weighted by Gasteiger charge is -2.14. The van der Waals surface area contributed by atoms with Gasteiger partial charge in [-0.2, -0.15) is 0 Å². The Hall–Kier alpha value is -0.680. The number of hydrogen-bond acceptors (Lipinski definition) is 1. The second kappa shape index (κ2) is 5.13. The lowest BCUT2D eigenvalue weighted by molar-refractivity contribution is 0.440. The van der Waals surface area contributed by atoms with Gasteiger partial charge in [0.05, 0.1) is 0 Å². The zero-order valence-corrected chi connectivity index (χ0v) is 6.86. The van der Waals surface area contributed by atoms with Gasteiger partial charge in [-0.25, -0.2) is 0 Å². The van der Waals surface area contributed by atoms with Gasteiger partial charge in [0, 0.05) is 5.41 Å². The first kappa shape index (κ1) is 12.0. The zero-order valence-electron chi connectivity index (χ0n) is 6.86. The zero-order chi connectivity index (χ0) is 7.33. The molecule has 0 amide bonds. The van der Waals surface area contributed by atoms with Gasteiger partial charge in [-0.3, -0.25) is 0 Å². The Balaban J connectivity index is 0. The number of aliphatic hydroxyl groups excluding tert-OH is 1. The normalized spacial score (nSPS) is 9.10. The van der Waals surface area contributed by atoms with Crippen molar-refractivity contribution in [3.63, 3.8) is 0 Å². The third-order valence-corrected chi connectivity index (χ3v) is 1.27. The van der Waals surface area contributed by atoms with E-state index in [0.717, 1.165) is 12.8 Å². The van der Waals surface area contributed by atoms with Crippen molar-refractivity contribution in [3.8, 4) is 12.0 Å². The highest BCUT2D eigenvalue weighted by atomic mass is 16.2. The average molecular weight is 144 g/mol. The van der Waals surface area contributed by atoms with Crippen molar-refractivity contribution in [2.24, 2.45) is 5.41 Å². The van der Waals surface area contributed by atoms with Crippen molar-refractivity contribution in [2.75, 3.05) is 0 Å². The fourth-order valence-electron chi connectivity index (χ4n) is 0.839. The third kappa shape index (κ3) is 5.46. The van der Waals surface area contributed by atoms with Gasteiger partial charge < -0.3 is 10.6 Å². The van der Waals surface area contributed by atoms with Crippen molar-refractivity contribution in [1.29, 1.82) is 0 Å². The van der Waals surface area contributed by atoms with Gasteiger partial charge >= 0.3 is 0 Å². The van der Waals surface area contributed by atoms with Crippen LogP contribution in [0.15, 0.2) is 0 Å². The maximum Gasteiger partial charge on any atom is 0.108 e. The van der Waals surface area contributed by atoms with E-state index in [1.807, 2.05) is 20.0 Å². The Labute approximate surface area is 62.6 Å². The van der Waals surface area contributed by atoms with Gasteiger partial charge in [-0.05, 0) is 20.3 Å². The minimum Gasteiger partial charge on any atom is -0.462 e. The molecule has 0 aromatic heterocycles. The number of aliphatic hydroxyl groups is 1. The molecule has 10 heavy (non-hydrogen) atoms. The molecule has 0 saturated carbocycles. The molecule has 3 N–H and O–H groups in total. The summed E-state index contributed by atoms with van der Waals surface area (Å²) in [5.41, 5.74) is -0.0104. The predicted octanol–water partition coefficient (Wildman–Crippen LogP) is 1.32. The van der Waals surface area contributed by atoms with Gasteiger partial charge in [0.25, 0.3) is 0 Å². The summed E-state index contributed by atoms with van der Waals surface area (Å²) in [7, 11) is 0. The van der Waals surface area contributed by atoms with Crippen LogP contribution in [0, 0.1) is 17.4 Å². The van der Waals surface area contributed by atoms with Crippen molar-refractivity contribution in [2.45, 2.75) is 33.6 Å². The molecule has 0 fully saturated rings. The van der Waals surface area contributed by atoms with Crippen LogP contribution < -0.4 is 0 Å². The Morgan fingerprint density at radius 3 is 2.20 bits per heavy atom. The molecule has 2 heteroatoms. The average Bonchev–Trinajstić information content (AvgIpc) is 1.64. The van der Waals surface area contributed by atoms with Crippen LogP contribution in [-0.4, -0.2) is 10.6 Å². The molecule has 0 aliphatic heterocycles. The van der Waals surface area contributed by atoms with Gasteiger partial charge in [0.1, 0.15) is 6.11 Å². The van der Waals surface area contributed by atoms with Crippen LogP contribution in [0.3, 0.4) is 0 Å². The second-order valence-electron chi connectivity index (χ2n) is 2.87. The van der Waals surface area contributed by atoms with Crippen LogP contribution in [0.4, 0.5) is 0 Å². The molecule has 0 rings (SSSR count). The van der Waals surface area contributed by atoms with Gasteiger partial charge in [0.2, 0.25) is 0 Å². The highest BCUT2D eigenvalue weighted by molar-refractivity contribution is 5.03. The smallest absolute Gasteiger partial charge is 0.108 e. The fourth-order valence-corrected chi connectivity index (χ4v) is 0.839. The lowest BCUT2D eigenvalue weighted by atomic mass is 9.89. The molecule has 2 nitrogen and oxygen atoms in total. The van der Waals surface area contributed by atoms with Crippen LogP contribution in [0.5, 0.6) is 0 Å². The van der Waals surface area contributed by atoms with E-state index in [0.29, 0.717) is 0 Å². The third-order valence-electron chi connectivity index (χ3n) is 1.27. The summed E-state index contributed by atoms with van der Waals surface area (Å²) >= 11 is 0. The first-order chi connectivity index (χ1) is 4.12. The molecule has 0 aliphatic rings. The Morgan fingerprint density at radius 1 is 1.40 bits per heavy atom. The molecule has 0 aliphatic carbocycles. The fraction of sp³-hybridized carbons (Fsp3) is 0.750. The summed E-state index contributed by atoms with van der Waals surface area (Å²) < 4.78 is 0. The summed E-state index contributed by atoms with van der Waals surface area (Å²) in [5.74, 6) is 2.73. The van der Waals surface area contributed by atoms with E-state index in [9.17, 15) is 0 Å². The Kier molecular flexibility index (Phi) is 6.18. The molecular weight excluding hydrogens is 128 g/mol. The first-order valence-corrected chi connectivity index (χ1v) is 3.28. The van der Waals surface area contributed by atoms with Crippen molar-refractivity contribution in [1.82, 2.24) is 0 Å². The summed E-state index contributed by atoms with van der Waals surface area (Å²) in [6, 6.07) is 0. The molecule has 0 unspecified atom stereocenters. The predicted molar refractivity (Wildman–Crippen MR) is 42.0 cm³/mol. The SMILES string of the molecule is CCCC(C)(C)C#CO.O. The summed E-state index contributed by atoms with van der Waals surface area (Å²) in [6.45, 7) is 6.17. The van der Waals surface area contributed by atoms with E-state index in [1.54, 1.807) is 0 Å². The molecule has 0 saturated heterocycles. The van der Waals surface area contributed by atoms with Crippen molar-refractivity contribution < 1.29 is 10.6 Å². The second-order valence-corrected chi connectivity index (χ2v) is 2.87. The Morgan fingerprint density at radius 2 is 1.90 bits per heavy atom. The molecule has 0 aromatic carbocycles. The minimum atomic E-state index is -0.0104. The topological polar surface area (TPSA) is 51.7 Å². The van der Waals surface area contributed by atoms with E-state index >= 15 is 0 Å². The largest absolute Gasteiger partial charge is 0.462 e. The van der Waals surface area contributed by atoms with Gasteiger partial charge in [0.15, 0.2) is 0 Å². The van der Waals surface area contributed by atoms with Crippen LogP contribution in [0.1, 0.15) is 33.6 Å². The molecule has 0 radical (unpaired) electrons. The highest BCUT2D eigenvalue weighted by Gasteiger charge is 2.11. The molecule has 0 atom stereocenters. The van der Waals surface area contributed by atoms with Gasteiger partial charge in [-0.1, -0.05) is 19.3 Å². The molecule has 60 valence electrons. The van der Waals surface area contributed by atoms with Crippen molar-refractivity contribution >= 4 is 0 Å². The standard InChI is InChI=1S/C8H14O.H2O/c1-4-5-8(2,3)6-7-9;/h9H,4-5H2,1-3H3;1H2. The summed E-state index contributed by atoms with van der Waals surface area (Å²) in [6.07, 6.45) is 4.10. The quantitative estimate of drug-likeness (QED) is 0.584. The minimum absolute atomic E-state index is 0. The lowest BCUT2D eigenvalue weighted by Crippen LogP contribution is -2.06. The molecule has 0 aromatic rings. The van der Waals surface area contributed by atoms with E-state index in [-0.39, 0.29) is 10.9 Å². The van der Waals surface area contributed by atoms with Crippen LogP contribution in [0.2, 0.25) is 0 Å². The van der Waals surface area contributed by atoms with Crippen LogP contribution in [0.25, 0.3) is 0 Å². The highest BCUT2D eigenvalue weighted by Crippen LogP contribution is 2.19. The van der Waals surface area contributed by atoms with Crippen molar-refractivity contribution in [3.05, 3.63) is 0 Å². The summed E-state index contributed by atoms with van der Waals surface area (Å²) in [4.78, 5) is 0. The maximum absolute atomic E-state index is 8.27. The van der Waals surface area contributed by atoms with E-state index in [4.69, 9.17) is 5.11 Å². The Bertz CT molecular complexity index is 128. The molecular formula is C8H16O2. The molecule has 0 spiro atoms. The van der Waals surface area contributed by atoms with E-state index < -0.39 is 0 Å². The number of hydrogen-bond donors (Lipinski definition) is 1. The summed E-state index contributed by atoms with van der Waals surface area (Å²) in [5, 5.41) is 8.27. The maximum atomic E-state index is 8.27. The molecule has 0 bridgehead atoms. The molecule has 0 heterocycles. The monoisotopic (exact) mass is 144 g/mol. The van der Waals surface area contributed by atoms with E-state index in [2.05, 4.69) is 12.8 Å².